The van der Waals surface area contributed by atoms with Crippen molar-refractivity contribution < 1.29 is 15.0 Å². The first-order valence-electron chi connectivity index (χ1n) is 13.5. The lowest BCUT2D eigenvalue weighted by Gasteiger charge is -2.69. The van der Waals surface area contributed by atoms with Crippen LogP contribution in [-0.4, -0.2) is 22.3 Å². The van der Waals surface area contributed by atoms with E-state index in [4.69, 9.17) is 0 Å². The molecule has 3 fully saturated rings. The maximum absolute atomic E-state index is 12.7. The Bertz CT molecular complexity index is 940. The van der Waals surface area contributed by atoms with Gasteiger partial charge in [-0.25, -0.2) is 0 Å². The van der Waals surface area contributed by atoms with Crippen molar-refractivity contribution in [3.63, 3.8) is 0 Å². The Morgan fingerprint density at radius 3 is 2.24 bits per heavy atom. The topological polar surface area (TPSA) is 57.5 Å². The molecule has 0 radical (unpaired) electrons. The summed E-state index contributed by atoms with van der Waals surface area (Å²) in [7, 11) is 0. The van der Waals surface area contributed by atoms with Crippen LogP contribution in [0.3, 0.4) is 0 Å². The van der Waals surface area contributed by atoms with Crippen LogP contribution in [0, 0.1) is 44.3 Å². The predicted octanol–water partition coefficient (Wildman–Crippen LogP) is 7.15. The summed E-state index contributed by atoms with van der Waals surface area (Å²) in [6.07, 6.45) is 13.4. The van der Waals surface area contributed by atoms with E-state index in [0.29, 0.717) is 11.8 Å². The van der Waals surface area contributed by atoms with Crippen LogP contribution in [0.15, 0.2) is 23.3 Å². The third kappa shape index (κ3) is 2.81. The maximum atomic E-state index is 12.7. The van der Waals surface area contributed by atoms with Gasteiger partial charge in [0.05, 0.1) is 11.5 Å². The van der Waals surface area contributed by atoms with Crippen LogP contribution in [-0.2, 0) is 4.79 Å². The van der Waals surface area contributed by atoms with Crippen LogP contribution in [0.1, 0.15) is 106 Å². The van der Waals surface area contributed by atoms with E-state index in [1.807, 2.05) is 0 Å². The van der Waals surface area contributed by atoms with Gasteiger partial charge in [0.2, 0.25) is 0 Å². The highest BCUT2D eigenvalue weighted by Gasteiger charge is 2.67. The molecule has 5 rings (SSSR count). The summed E-state index contributed by atoms with van der Waals surface area (Å²) in [6, 6.07) is 0. The number of fused-ring (bicyclic) bond motifs is 6. The summed E-state index contributed by atoms with van der Waals surface area (Å²) >= 11 is 0. The molecule has 0 bridgehead atoms. The van der Waals surface area contributed by atoms with E-state index >= 15 is 0 Å². The number of hydrogen-bond donors (Lipinski definition) is 2. The zero-order valence-electron chi connectivity index (χ0n) is 22.1. The van der Waals surface area contributed by atoms with Crippen LogP contribution in [0.4, 0.5) is 0 Å². The first-order valence-corrected chi connectivity index (χ1v) is 13.5. The van der Waals surface area contributed by atoms with E-state index < -0.39 is 11.4 Å². The Morgan fingerprint density at radius 1 is 0.909 bits per heavy atom. The number of aliphatic carboxylic acids is 1. The number of carboxylic acid groups (broad SMARTS) is 1. The van der Waals surface area contributed by atoms with Gasteiger partial charge in [-0.2, -0.15) is 0 Å². The smallest absolute Gasteiger partial charge is 0.313 e. The quantitative estimate of drug-likeness (QED) is 0.442. The van der Waals surface area contributed by atoms with E-state index in [2.05, 4.69) is 60.6 Å². The second-order valence-electron chi connectivity index (χ2n) is 14.7. The van der Waals surface area contributed by atoms with Crippen molar-refractivity contribution in [3.8, 4) is 0 Å². The molecule has 33 heavy (non-hydrogen) atoms. The molecule has 5 aliphatic rings. The number of hydrogen-bond acceptors (Lipinski definition) is 2. The number of aliphatic hydroxyl groups is 1. The minimum Gasteiger partial charge on any atom is -0.481 e. The van der Waals surface area contributed by atoms with E-state index in [1.54, 1.807) is 0 Å². The molecule has 2 N–H and O–H groups in total. The molecule has 0 aromatic rings. The minimum atomic E-state index is -0.657. The molecule has 0 amide bonds. The highest BCUT2D eigenvalue weighted by Crippen LogP contribution is 2.74. The molecule has 0 saturated heterocycles. The van der Waals surface area contributed by atoms with Crippen LogP contribution >= 0.6 is 0 Å². The Morgan fingerprint density at radius 2 is 1.58 bits per heavy atom. The largest absolute Gasteiger partial charge is 0.481 e. The summed E-state index contributed by atoms with van der Waals surface area (Å²) in [5.74, 6) is 0.394. The zero-order chi connectivity index (χ0) is 24.2. The Balaban J connectivity index is 1.68. The zero-order valence-corrected chi connectivity index (χ0v) is 22.1. The summed E-state index contributed by atoms with van der Waals surface area (Å²) < 4.78 is 0. The summed E-state index contributed by atoms with van der Waals surface area (Å²) in [5.41, 5.74) is 2.40. The lowest BCUT2D eigenvalue weighted by molar-refractivity contribution is -0.183. The summed E-state index contributed by atoms with van der Waals surface area (Å²) in [4.78, 5) is 12.7. The van der Waals surface area contributed by atoms with Crippen LogP contribution in [0.2, 0.25) is 0 Å². The first kappa shape index (κ1) is 23.6. The van der Waals surface area contributed by atoms with E-state index in [9.17, 15) is 15.0 Å². The Kier molecular flexibility index (Phi) is 4.85. The molecule has 0 spiro atoms. The van der Waals surface area contributed by atoms with Gasteiger partial charge in [-0.1, -0.05) is 60.6 Å². The molecular formula is C30H46O3. The fraction of sp³-hybridized carbons (Fsp3) is 0.833. The monoisotopic (exact) mass is 454 g/mol. The van der Waals surface area contributed by atoms with Gasteiger partial charge in [-0.3, -0.25) is 4.79 Å². The van der Waals surface area contributed by atoms with Gasteiger partial charge in [-0.05, 0) is 108 Å². The molecule has 184 valence electrons. The number of carbonyl (C=O) groups is 1. The molecule has 5 aliphatic carbocycles. The average Bonchev–Trinajstić information content (AvgIpc) is 2.71. The molecular weight excluding hydrogens is 408 g/mol. The Labute approximate surface area is 201 Å². The van der Waals surface area contributed by atoms with Crippen LogP contribution < -0.4 is 0 Å². The number of aliphatic hydroxyl groups excluding tert-OH is 1. The number of carboxylic acids is 1. The van der Waals surface area contributed by atoms with Gasteiger partial charge in [0.1, 0.15) is 0 Å². The van der Waals surface area contributed by atoms with Crippen molar-refractivity contribution in [3.05, 3.63) is 23.3 Å². The van der Waals surface area contributed by atoms with Crippen molar-refractivity contribution in [1.29, 1.82) is 0 Å². The second-order valence-corrected chi connectivity index (χ2v) is 14.7. The molecule has 0 aliphatic heterocycles. The molecule has 3 heteroatoms. The predicted molar refractivity (Wildman–Crippen MR) is 133 cm³/mol. The molecule has 0 heterocycles. The normalized spacial score (nSPS) is 50.0. The molecule has 1 unspecified atom stereocenters. The summed E-state index contributed by atoms with van der Waals surface area (Å²) in [5, 5.41) is 21.3. The molecule has 7 atom stereocenters. The van der Waals surface area contributed by atoms with Gasteiger partial charge >= 0.3 is 5.97 Å². The third-order valence-corrected chi connectivity index (χ3v) is 12.4. The van der Waals surface area contributed by atoms with Crippen molar-refractivity contribution in [2.75, 3.05) is 0 Å². The van der Waals surface area contributed by atoms with Gasteiger partial charge in [0.25, 0.3) is 0 Å². The van der Waals surface area contributed by atoms with E-state index in [1.165, 1.54) is 11.1 Å². The molecule has 0 aromatic carbocycles. The van der Waals surface area contributed by atoms with Gasteiger partial charge in [-0.15, -0.1) is 0 Å². The highest BCUT2D eigenvalue weighted by atomic mass is 16.4. The van der Waals surface area contributed by atoms with Crippen molar-refractivity contribution >= 4 is 5.97 Å². The maximum Gasteiger partial charge on any atom is 0.313 e. The second kappa shape index (κ2) is 6.77. The van der Waals surface area contributed by atoms with Gasteiger partial charge < -0.3 is 10.2 Å². The van der Waals surface area contributed by atoms with Crippen LogP contribution in [0.25, 0.3) is 0 Å². The van der Waals surface area contributed by atoms with Gasteiger partial charge in [0, 0.05) is 0 Å². The van der Waals surface area contributed by atoms with E-state index in [0.717, 1.165) is 57.8 Å². The number of allylic oxidation sites excluding steroid dienone is 3. The van der Waals surface area contributed by atoms with Crippen LogP contribution in [0.5, 0.6) is 0 Å². The number of rotatable bonds is 1. The summed E-state index contributed by atoms with van der Waals surface area (Å²) in [6.45, 7) is 16.7. The Hall–Kier alpha value is -1.09. The lowest BCUT2D eigenvalue weighted by Crippen LogP contribution is -2.63. The standard InChI is InChI=1S/C30H46O3/c1-25(2)14-16-30(24(32)33)17-15-28(6)19(20(30)18-25)8-9-22-27(5)12-11-23(31)26(3,4)21(27)10-13-29(22,28)7/h8-9,21-23,31H,10-18H2,1-7H3,(H,32,33)/t21-,22?,23+,27-,28+,29+,30-/m0/s1. The highest BCUT2D eigenvalue weighted by molar-refractivity contribution is 5.80. The third-order valence-electron chi connectivity index (χ3n) is 12.4. The first-order chi connectivity index (χ1) is 15.1. The average molecular weight is 455 g/mol. The lowest BCUT2D eigenvalue weighted by atomic mass is 9.35. The fourth-order valence-electron chi connectivity index (χ4n) is 9.94. The van der Waals surface area contributed by atoms with Crippen molar-refractivity contribution in [2.45, 2.75) is 112 Å². The van der Waals surface area contributed by atoms with Gasteiger partial charge in [0.15, 0.2) is 0 Å². The minimum absolute atomic E-state index is 0.0162. The molecule has 3 saturated carbocycles. The SMILES string of the molecule is CC1(C)CC[C@]2(C(=O)O)CC[C@]3(C)C(=C2C1)C=CC1[C@@]2(C)CC[C@@H](O)C(C)(C)[C@@H]2CC[C@]13C. The molecule has 3 nitrogen and oxygen atoms in total. The molecule has 0 aromatic heterocycles. The van der Waals surface area contributed by atoms with E-state index in [-0.39, 0.29) is 33.2 Å². The van der Waals surface area contributed by atoms with Crippen molar-refractivity contribution in [1.82, 2.24) is 0 Å². The van der Waals surface area contributed by atoms with Crippen molar-refractivity contribution in [2.24, 2.45) is 44.3 Å². The fourth-order valence-corrected chi connectivity index (χ4v) is 9.94.